The monoisotopic (exact) mass is 689 g/mol. The number of carbonyl (C=O) groups is 1. The number of carboxylic acid groups (broad SMARTS) is 1. The standard InChI is InChI=1S/C13H23NO23S4/c1-31-6-3(2-32-39(22,23)24)33-13(4(14-38(19,20)21)7(6)36-40(25,26)27)35-8-5(15)9(37-41(28,29)30)12(18)34-10(8)11(16)17/h3-10,12-15,18H,2H2,1H3,(H,16,17)(H,19,20,21)(H,22,23,24)(H,25,26,27)(H,28,29,30). The lowest BCUT2D eigenvalue weighted by molar-refractivity contribution is -0.331. The molecule has 0 radical (unpaired) electrons. The molecule has 2 heterocycles. The highest BCUT2D eigenvalue weighted by Crippen LogP contribution is 2.33. The summed E-state index contributed by atoms with van der Waals surface area (Å²) in [4.78, 5) is 11.7. The summed E-state index contributed by atoms with van der Waals surface area (Å²) in [7, 11) is -21.0. The Hall–Kier alpha value is -1.29. The van der Waals surface area contributed by atoms with Gasteiger partial charge in [-0.15, -0.1) is 0 Å². The SMILES string of the molecule is COC1C(COS(=O)(=O)O)OC(OC2C(C(=O)O)OC(O)C(OS(=O)(=O)O)C2O)C(NS(=O)(=O)O)C1OS(=O)(=O)O. The Morgan fingerprint density at radius 2 is 1.34 bits per heavy atom. The van der Waals surface area contributed by atoms with Crippen LogP contribution in [0.4, 0.5) is 0 Å². The van der Waals surface area contributed by atoms with Gasteiger partial charge in [-0.1, -0.05) is 0 Å². The zero-order valence-electron chi connectivity index (χ0n) is 19.8. The van der Waals surface area contributed by atoms with Crippen LogP contribution in [0.3, 0.4) is 0 Å². The minimum Gasteiger partial charge on any atom is -0.479 e. The van der Waals surface area contributed by atoms with Crippen LogP contribution < -0.4 is 4.72 Å². The van der Waals surface area contributed by atoms with Crippen molar-refractivity contribution in [2.75, 3.05) is 13.7 Å². The Labute approximate surface area is 230 Å². The van der Waals surface area contributed by atoms with Gasteiger partial charge in [0.1, 0.15) is 36.6 Å². The van der Waals surface area contributed by atoms with Crippen molar-refractivity contribution >= 4 is 47.5 Å². The van der Waals surface area contributed by atoms with E-state index >= 15 is 0 Å². The molecular weight excluding hydrogens is 666 g/mol. The molecule has 10 unspecified atom stereocenters. The van der Waals surface area contributed by atoms with E-state index in [0.717, 1.165) is 7.11 Å². The normalized spacial score (nSPS) is 35.7. The highest BCUT2D eigenvalue weighted by atomic mass is 32.3. The van der Waals surface area contributed by atoms with E-state index < -0.39 is 115 Å². The van der Waals surface area contributed by atoms with E-state index in [2.05, 4.69) is 17.3 Å². The molecule has 28 heteroatoms. The Bertz CT molecular complexity index is 1360. The molecule has 41 heavy (non-hydrogen) atoms. The summed E-state index contributed by atoms with van der Waals surface area (Å²) in [6.07, 6.45) is -21.7. The highest BCUT2D eigenvalue weighted by molar-refractivity contribution is 7.83. The first-order chi connectivity index (χ1) is 18.4. The molecule has 0 spiro atoms. The third kappa shape index (κ3) is 10.7. The van der Waals surface area contributed by atoms with Crippen molar-refractivity contribution < 1.29 is 103 Å². The first kappa shape index (κ1) is 35.9. The molecule has 2 rings (SSSR count). The molecule has 8 N–H and O–H groups in total. The van der Waals surface area contributed by atoms with Gasteiger partial charge in [0.05, 0.1) is 6.61 Å². The molecule has 0 aliphatic carbocycles. The van der Waals surface area contributed by atoms with Gasteiger partial charge in [0, 0.05) is 7.11 Å². The average molecular weight is 690 g/mol. The molecule has 10 atom stereocenters. The molecule has 0 aromatic carbocycles. The van der Waals surface area contributed by atoms with Crippen LogP contribution in [-0.4, -0.2) is 148 Å². The number of methoxy groups -OCH3 is 1. The van der Waals surface area contributed by atoms with Gasteiger partial charge in [-0.2, -0.15) is 38.4 Å². The van der Waals surface area contributed by atoms with Gasteiger partial charge in [-0.05, 0) is 0 Å². The van der Waals surface area contributed by atoms with Gasteiger partial charge < -0.3 is 34.3 Å². The molecule has 2 fully saturated rings. The molecule has 2 aliphatic rings. The number of nitrogens with one attached hydrogen (secondary N) is 1. The Kier molecular flexibility index (Phi) is 11.5. The van der Waals surface area contributed by atoms with Crippen LogP contribution in [0.15, 0.2) is 0 Å². The van der Waals surface area contributed by atoms with E-state index in [1.807, 2.05) is 0 Å². The number of aliphatic hydroxyl groups excluding tert-OH is 2. The van der Waals surface area contributed by atoms with Crippen LogP contribution in [-0.2, 0) is 77.8 Å². The van der Waals surface area contributed by atoms with Gasteiger partial charge in [-0.25, -0.2) is 17.3 Å². The lowest BCUT2D eigenvalue weighted by Crippen LogP contribution is -2.69. The molecule has 0 amide bonds. The fourth-order valence-corrected chi connectivity index (χ4v) is 5.63. The predicted octanol–water partition coefficient (Wildman–Crippen LogP) is -5.77. The van der Waals surface area contributed by atoms with Crippen LogP contribution in [0.2, 0.25) is 0 Å². The van der Waals surface area contributed by atoms with Crippen molar-refractivity contribution in [3.63, 3.8) is 0 Å². The van der Waals surface area contributed by atoms with E-state index in [4.69, 9.17) is 23.3 Å². The number of hydrogen-bond donors (Lipinski definition) is 8. The summed E-state index contributed by atoms with van der Waals surface area (Å²) in [5.74, 6) is -2.04. The van der Waals surface area contributed by atoms with Gasteiger partial charge in [0.2, 0.25) is 0 Å². The maximum absolute atomic E-state index is 11.7. The highest BCUT2D eigenvalue weighted by Gasteiger charge is 2.56. The summed E-state index contributed by atoms with van der Waals surface area (Å²) in [6, 6.07) is -2.44. The summed E-state index contributed by atoms with van der Waals surface area (Å²) in [6.45, 7) is -1.31. The van der Waals surface area contributed by atoms with Crippen LogP contribution in [0, 0.1) is 0 Å². The summed E-state index contributed by atoms with van der Waals surface area (Å²) in [5, 5.41) is 29.9. The van der Waals surface area contributed by atoms with E-state index in [0.29, 0.717) is 0 Å². The number of aliphatic carboxylic acids is 1. The fraction of sp³-hybridized carbons (Fsp3) is 0.923. The smallest absolute Gasteiger partial charge is 0.397 e. The first-order valence-corrected chi connectivity index (χ1v) is 15.7. The number of rotatable bonds is 13. The lowest BCUT2D eigenvalue weighted by Gasteiger charge is -2.47. The first-order valence-electron chi connectivity index (χ1n) is 10.2. The molecule has 24 nitrogen and oxygen atoms in total. The predicted molar refractivity (Wildman–Crippen MR) is 118 cm³/mol. The van der Waals surface area contributed by atoms with Crippen molar-refractivity contribution in [3.8, 4) is 0 Å². The average Bonchev–Trinajstić information content (AvgIpc) is 2.75. The zero-order chi connectivity index (χ0) is 31.7. The maximum Gasteiger partial charge on any atom is 0.397 e. The van der Waals surface area contributed by atoms with Crippen molar-refractivity contribution in [1.82, 2.24) is 4.72 Å². The Balaban J connectivity index is 2.63. The lowest BCUT2D eigenvalue weighted by atomic mass is 9.96. The zero-order valence-corrected chi connectivity index (χ0v) is 23.0. The van der Waals surface area contributed by atoms with Gasteiger partial charge in [0.15, 0.2) is 24.8 Å². The number of ether oxygens (including phenoxy) is 4. The molecule has 0 saturated carbocycles. The van der Waals surface area contributed by atoms with E-state index in [9.17, 15) is 62.9 Å². The largest absolute Gasteiger partial charge is 0.479 e. The van der Waals surface area contributed by atoms with E-state index in [1.54, 1.807) is 0 Å². The van der Waals surface area contributed by atoms with Crippen molar-refractivity contribution in [2.45, 2.75) is 61.3 Å². The quantitative estimate of drug-likeness (QED) is 0.0835. The topological polar surface area (TPSA) is 372 Å². The second-order valence-electron chi connectivity index (χ2n) is 7.93. The number of hydrogen-bond acceptors (Lipinski definition) is 18. The van der Waals surface area contributed by atoms with Gasteiger partial charge in [-0.3, -0.25) is 18.2 Å². The van der Waals surface area contributed by atoms with Crippen LogP contribution in [0.5, 0.6) is 0 Å². The van der Waals surface area contributed by atoms with Crippen LogP contribution >= 0.6 is 0 Å². The summed E-state index contributed by atoms with van der Waals surface area (Å²) >= 11 is 0. The fourth-order valence-electron chi connectivity index (χ4n) is 3.73. The molecule has 0 aromatic rings. The second-order valence-corrected chi connectivity index (χ2v) is 12.3. The molecular formula is C13H23NO23S4. The summed E-state index contributed by atoms with van der Waals surface area (Å²) in [5.41, 5.74) is 0. The Morgan fingerprint density at radius 3 is 1.78 bits per heavy atom. The van der Waals surface area contributed by atoms with E-state index in [-0.39, 0.29) is 0 Å². The molecule has 0 aromatic heterocycles. The minimum atomic E-state index is -5.58. The molecule has 2 aliphatic heterocycles. The molecule has 2 saturated heterocycles. The second kappa shape index (κ2) is 13.1. The number of carboxylic acids is 1. The number of aliphatic hydroxyl groups is 2. The molecule has 242 valence electrons. The van der Waals surface area contributed by atoms with Crippen LogP contribution in [0.25, 0.3) is 0 Å². The maximum atomic E-state index is 11.7. The van der Waals surface area contributed by atoms with Gasteiger partial charge in [0.25, 0.3) is 0 Å². The third-order valence-electron chi connectivity index (χ3n) is 5.12. The third-order valence-corrected chi connectivity index (χ3v) is 7.06. The van der Waals surface area contributed by atoms with Crippen molar-refractivity contribution in [3.05, 3.63) is 0 Å². The van der Waals surface area contributed by atoms with Crippen molar-refractivity contribution in [2.24, 2.45) is 0 Å². The summed E-state index contributed by atoms with van der Waals surface area (Å²) < 4.78 is 161. The van der Waals surface area contributed by atoms with E-state index in [1.165, 1.54) is 4.72 Å². The van der Waals surface area contributed by atoms with Crippen molar-refractivity contribution in [1.29, 1.82) is 0 Å². The van der Waals surface area contributed by atoms with Gasteiger partial charge >= 0.3 is 47.5 Å². The Morgan fingerprint density at radius 1 is 0.805 bits per heavy atom. The minimum absolute atomic E-state index is 0.790. The molecule has 0 bridgehead atoms. The van der Waals surface area contributed by atoms with Crippen LogP contribution in [0.1, 0.15) is 0 Å².